The first-order valence-electron chi connectivity index (χ1n) is 7.95. The van der Waals surface area contributed by atoms with Crippen molar-refractivity contribution in [2.75, 3.05) is 12.9 Å². The maximum atomic E-state index is 13.4. The molecule has 0 aromatic heterocycles. The number of halogens is 1. The number of thioether (sulfide) groups is 1. The second kappa shape index (κ2) is 9.24. The monoisotopic (exact) mass is 377 g/mol. The summed E-state index contributed by atoms with van der Waals surface area (Å²) in [6.07, 6.45) is 0.167. The minimum Gasteiger partial charge on any atom is -0.497 e. The van der Waals surface area contributed by atoms with Gasteiger partial charge in [-0.2, -0.15) is 0 Å². The zero-order chi connectivity index (χ0) is 19.1. The largest absolute Gasteiger partial charge is 0.497 e. The minimum absolute atomic E-state index is 0.167. The molecule has 26 heavy (non-hydrogen) atoms. The van der Waals surface area contributed by atoms with Gasteiger partial charge in [0.2, 0.25) is 5.91 Å². The zero-order valence-corrected chi connectivity index (χ0v) is 15.3. The summed E-state index contributed by atoms with van der Waals surface area (Å²) in [5, 5.41) is 11.9. The summed E-state index contributed by atoms with van der Waals surface area (Å²) in [7, 11) is 1.59. The summed E-state index contributed by atoms with van der Waals surface area (Å²) < 4.78 is 18.4. The van der Waals surface area contributed by atoms with Crippen molar-refractivity contribution in [3.63, 3.8) is 0 Å². The summed E-state index contributed by atoms with van der Waals surface area (Å²) in [6.45, 7) is 1.55. The van der Waals surface area contributed by atoms with E-state index in [4.69, 9.17) is 4.74 Å². The molecule has 0 fully saturated rings. The van der Waals surface area contributed by atoms with Gasteiger partial charge in [-0.1, -0.05) is 12.1 Å². The van der Waals surface area contributed by atoms with Crippen LogP contribution in [0.25, 0.3) is 0 Å². The van der Waals surface area contributed by atoms with E-state index in [9.17, 15) is 19.1 Å². The number of ether oxygens (including phenoxy) is 1. The molecule has 0 heterocycles. The van der Waals surface area contributed by atoms with Crippen molar-refractivity contribution >= 4 is 23.6 Å². The van der Waals surface area contributed by atoms with Crippen LogP contribution in [0.3, 0.4) is 0 Å². The van der Waals surface area contributed by atoms with E-state index in [-0.39, 0.29) is 12.3 Å². The Labute approximate surface area is 155 Å². The van der Waals surface area contributed by atoms with Crippen LogP contribution in [0.1, 0.15) is 23.6 Å². The number of aliphatic carboxylic acids is 1. The number of hydrogen-bond acceptors (Lipinski definition) is 4. The Morgan fingerprint density at radius 3 is 2.50 bits per heavy atom. The molecule has 2 N–H and O–H groups in total. The number of nitrogens with one attached hydrogen (secondary N) is 1. The molecule has 5 nitrogen and oxygen atoms in total. The van der Waals surface area contributed by atoms with E-state index in [2.05, 4.69) is 5.32 Å². The quantitative estimate of drug-likeness (QED) is 0.688. The number of benzene rings is 2. The fourth-order valence-corrected chi connectivity index (χ4v) is 3.15. The molecule has 0 aliphatic rings. The van der Waals surface area contributed by atoms with Crippen LogP contribution >= 0.6 is 11.8 Å². The molecule has 0 aliphatic heterocycles. The lowest BCUT2D eigenvalue weighted by Gasteiger charge is -2.15. The molecule has 1 atom stereocenters. The SMILES string of the molecule is COc1ccc(SCCC(=O)NC(C(=O)O)c2ccc(F)c(C)c2)cc1. The number of hydrogen-bond donors (Lipinski definition) is 2. The molecule has 0 bridgehead atoms. The first kappa shape index (κ1) is 19.8. The first-order chi connectivity index (χ1) is 12.4. The third-order valence-electron chi connectivity index (χ3n) is 3.72. The van der Waals surface area contributed by atoms with Crippen molar-refractivity contribution in [1.82, 2.24) is 5.32 Å². The molecule has 1 amide bonds. The van der Waals surface area contributed by atoms with Crippen LogP contribution in [-0.4, -0.2) is 29.8 Å². The number of rotatable bonds is 8. The molecule has 0 aliphatic carbocycles. The maximum Gasteiger partial charge on any atom is 0.330 e. The van der Waals surface area contributed by atoms with Gasteiger partial charge >= 0.3 is 5.97 Å². The Hall–Kier alpha value is -2.54. The van der Waals surface area contributed by atoms with Crippen LogP contribution in [0.2, 0.25) is 0 Å². The summed E-state index contributed by atoms with van der Waals surface area (Å²) >= 11 is 1.49. The summed E-state index contributed by atoms with van der Waals surface area (Å²) in [4.78, 5) is 24.5. The number of methoxy groups -OCH3 is 1. The van der Waals surface area contributed by atoms with Crippen LogP contribution in [-0.2, 0) is 9.59 Å². The van der Waals surface area contributed by atoms with Gasteiger partial charge in [-0.15, -0.1) is 11.8 Å². The maximum absolute atomic E-state index is 13.4. The lowest BCUT2D eigenvalue weighted by Crippen LogP contribution is -2.34. The van der Waals surface area contributed by atoms with Crippen LogP contribution < -0.4 is 10.1 Å². The van der Waals surface area contributed by atoms with E-state index in [1.807, 2.05) is 24.3 Å². The van der Waals surface area contributed by atoms with E-state index in [0.717, 1.165) is 10.6 Å². The molecular weight excluding hydrogens is 357 g/mol. The molecule has 1 unspecified atom stereocenters. The van der Waals surface area contributed by atoms with Gasteiger partial charge in [0.05, 0.1) is 7.11 Å². The molecule has 0 radical (unpaired) electrons. The van der Waals surface area contributed by atoms with Gasteiger partial charge in [0, 0.05) is 17.1 Å². The van der Waals surface area contributed by atoms with Crippen molar-refractivity contribution in [1.29, 1.82) is 0 Å². The number of carboxylic acids is 1. The molecular formula is C19H20FNO4S. The van der Waals surface area contributed by atoms with E-state index < -0.39 is 17.8 Å². The highest BCUT2D eigenvalue weighted by molar-refractivity contribution is 7.99. The highest BCUT2D eigenvalue weighted by Gasteiger charge is 2.22. The van der Waals surface area contributed by atoms with Crippen molar-refractivity contribution in [3.05, 3.63) is 59.4 Å². The van der Waals surface area contributed by atoms with E-state index in [1.165, 1.54) is 30.0 Å². The van der Waals surface area contributed by atoms with Gasteiger partial charge in [0.1, 0.15) is 11.6 Å². The Morgan fingerprint density at radius 2 is 1.92 bits per heavy atom. The predicted octanol–water partition coefficient (Wildman–Crippen LogP) is 3.57. The van der Waals surface area contributed by atoms with E-state index in [1.54, 1.807) is 14.0 Å². The molecule has 2 aromatic rings. The number of carbonyl (C=O) groups is 2. The normalized spacial score (nSPS) is 11.7. The Balaban J connectivity index is 1.90. The average molecular weight is 377 g/mol. The lowest BCUT2D eigenvalue weighted by molar-refractivity contribution is -0.142. The first-order valence-corrected chi connectivity index (χ1v) is 8.94. The van der Waals surface area contributed by atoms with Crippen LogP contribution in [0.5, 0.6) is 5.75 Å². The highest BCUT2D eigenvalue weighted by atomic mass is 32.2. The average Bonchev–Trinajstić information content (AvgIpc) is 2.62. The predicted molar refractivity (Wildman–Crippen MR) is 98.0 cm³/mol. The minimum atomic E-state index is -1.20. The topological polar surface area (TPSA) is 75.6 Å². The fourth-order valence-electron chi connectivity index (χ4n) is 2.30. The van der Waals surface area contributed by atoms with Gasteiger partial charge in [-0.25, -0.2) is 9.18 Å². The fraction of sp³-hybridized carbons (Fsp3) is 0.263. The summed E-state index contributed by atoms with van der Waals surface area (Å²) in [5.41, 5.74) is 0.672. The van der Waals surface area contributed by atoms with E-state index >= 15 is 0 Å². The van der Waals surface area contributed by atoms with Gasteiger partial charge in [0.15, 0.2) is 6.04 Å². The van der Waals surface area contributed by atoms with Crippen LogP contribution in [0.4, 0.5) is 4.39 Å². The van der Waals surface area contributed by atoms with Crippen molar-refractivity contribution in [2.45, 2.75) is 24.3 Å². The number of aryl methyl sites for hydroxylation is 1. The van der Waals surface area contributed by atoms with Crippen LogP contribution in [0, 0.1) is 12.7 Å². The summed E-state index contributed by atoms with van der Waals surface area (Å²) in [6, 6.07) is 10.2. The molecule has 7 heteroatoms. The Morgan fingerprint density at radius 1 is 1.23 bits per heavy atom. The number of amides is 1. The summed E-state index contributed by atoms with van der Waals surface area (Å²) in [5.74, 6) is -0.717. The van der Waals surface area contributed by atoms with E-state index in [0.29, 0.717) is 16.9 Å². The molecule has 0 saturated carbocycles. The van der Waals surface area contributed by atoms with Crippen molar-refractivity contribution < 1.29 is 23.8 Å². The van der Waals surface area contributed by atoms with Gasteiger partial charge in [-0.05, 0) is 48.4 Å². The molecule has 138 valence electrons. The lowest BCUT2D eigenvalue weighted by atomic mass is 10.0. The third-order valence-corrected chi connectivity index (χ3v) is 4.74. The van der Waals surface area contributed by atoms with Gasteiger partial charge in [-0.3, -0.25) is 4.79 Å². The third kappa shape index (κ3) is 5.49. The second-order valence-corrected chi connectivity index (χ2v) is 6.79. The van der Waals surface area contributed by atoms with Crippen molar-refractivity contribution in [2.24, 2.45) is 0 Å². The van der Waals surface area contributed by atoms with Gasteiger partial charge in [0.25, 0.3) is 0 Å². The molecule has 2 rings (SSSR count). The van der Waals surface area contributed by atoms with Crippen molar-refractivity contribution in [3.8, 4) is 5.75 Å². The molecule has 2 aromatic carbocycles. The number of carboxylic acid groups (broad SMARTS) is 1. The smallest absolute Gasteiger partial charge is 0.330 e. The molecule has 0 spiro atoms. The Bertz CT molecular complexity index is 780. The zero-order valence-electron chi connectivity index (χ0n) is 14.5. The second-order valence-electron chi connectivity index (χ2n) is 5.62. The highest BCUT2D eigenvalue weighted by Crippen LogP contribution is 2.22. The number of carbonyl (C=O) groups excluding carboxylic acids is 1. The Kier molecular flexibility index (Phi) is 7.03. The van der Waals surface area contributed by atoms with Crippen LogP contribution in [0.15, 0.2) is 47.4 Å². The standard InChI is InChI=1S/C19H20FNO4S/c1-12-11-13(3-8-16(12)20)18(19(23)24)21-17(22)9-10-26-15-6-4-14(25-2)5-7-15/h3-8,11,18H,9-10H2,1-2H3,(H,21,22)(H,23,24). The molecule has 0 saturated heterocycles. The van der Waals surface area contributed by atoms with Gasteiger partial charge < -0.3 is 15.2 Å².